The Balaban J connectivity index is 1.78. The van der Waals surface area contributed by atoms with Crippen molar-refractivity contribution in [3.63, 3.8) is 0 Å². The van der Waals surface area contributed by atoms with E-state index in [0.717, 1.165) is 36.6 Å². The molecule has 4 heteroatoms. The summed E-state index contributed by atoms with van der Waals surface area (Å²) in [5.74, 6) is 0.624. The van der Waals surface area contributed by atoms with E-state index < -0.39 is 0 Å². The monoisotopic (exact) mass is 273 g/mol. The third-order valence-corrected chi connectivity index (χ3v) is 3.96. The molecule has 3 rings (SSSR count). The Morgan fingerprint density at radius 1 is 1.26 bits per heavy atom. The van der Waals surface area contributed by atoms with E-state index in [-0.39, 0.29) is 0 Å². The van der Waals surface area contributed by atoms with Crippen molar-refractivity contribution in [3.8, 4) is 0 Å². The van der Waals surface area contributed by atoms with Crippen LogP contribution < -0.4 is 5.73 Å². The Kier molecular flexibility index (Phi) is 3.40. The third kappa shape index (κ3) is 2.57. The zero-order valence-corrected chi connectivity index (χ0v) is 11.4. The molecule has 1 aliphatic rings. The van der Waals surface area contributed by atoms with Crippen molar-refractivity contribution in [2.45, 2.75) is 19.5 Å². The van der Waals surface area contributed by atoms with E-state index in [1.54, 1.807) is 6.20 Å². The van der Waals surface area contributed by atoms with Crippen LogP contribution in [0, 0.1) is 0 Å². The Morgan fingerprint density at radius 2 is 2.16 bits per heavy atom. The summed E-state index contributed by atoms with van der Waals surface area (Å²) in [4.78, 5) is 6.51. The zero-order valence-electron chi connectivity index (χ0n) is 10.6. The summed E-state index contributed by atoms with van der Waals surface area (Å²) < 4.78 is 0. The summed E-state index contributed by atoms with van der Waals surface area (Å²) >= 11 is 6.23. The first kappa shape index (κ1) is 12.5. The molecule has 0 fully saturated rings. The fourth-order valence-electron chi connectivity index (χ4n) is 2.58. The molecule has 0 spiro atoms. The lowest BCUT2D eigenvalue weighted by molar-refractivity contribution is 0.246. The highest BCUT2D eigenvalue weighted by Gasteiger charge is 2.18. The Hall–Kier alpha value is -1.58. The summed E-state index contributed by atoms with van der Waals surface area (Å²) in [6.45, 7) is 2.76. The highest BCUT2D eigenvalue weighted by atomic mass is 35.5. The van der Waals surface area contributed by atoms with Gasteiger partial charge in [-0.05, 0) is 29.7 Å². The number of nitrogen functional groups attached to an aromatic ring is 1. The minimum absolute atomic E-state index is 0.624. The second-order valence-electron chi connectivity index (χ2n) is 4.89. The van der Waals surface area contributed by atoms with E-state index in [1.807, 2.05) is 24.3 Å². The van der Waals surface area contributed by atoms with Crippen LogP contribution in [0.4, 0.5) is 5.82 Å². The van der Waals surface area contributed by atoms with Gasteiger partial charge in [0.25, 0.3) is 0 Å². The van der Waals surface area contributed by atoms with Gasteiger partial charge in [0.05, 0.1) is 0 Å². The van der Waals surface area contributed by atoms with Gasteiger partial charge in [-0.3, -0.25) is 4.90 Å². The van der Waals surface area contributed by atoms with Crippen LogP contribution in [0.25, 0.3) is 0 Å². The molecular formula is C15H16ClN3. The summed E-state index contributed by atoms with van der Waals surface area (Å²) in [6, 6.07) is 10.1. The van der Waals surface area contributed by atoms with Gasteiger partial charge in [0.15, 0.2) is 0 Å². The normalized spacial score (nSPS) is 15.2. The summed E-state index contributed by atoms with van der Waals surface area (Å²) in [5.41, 5.74) is 9.60. The number of aromatic nitrogens is 1. The summed E-state index contributed by atoms with van der Waals surface area (Å²) in [7, 11) is 0. The smallest absolute Gasteiger partial charge is 0.127 e. The number of anilines is 1. The van der Waals surface area contributed by atoms with Crippen LogP contribution >= 0.6 is 11.6 Å². The van der Waals surface area contributed by atoms with Gasteiger partial charge < -0.3 is 5.73 Å². The second-order valence-corrected chi connectivity index (χ2v) is 5.29. The molecule has 0 bridgehead atoms. The average molecular weight is 274 g/mol. The van der Waals surface area contributed by atoms with Crippen LogP contribution in [0.2, 0.25) is 5.02 Å². The van der Waals surface area contributed by atoms with Crippen LogP contribution in [0.15, 0.2) is 36.5 Å². The number of hydrogen-bond donors (Lipinski definition) is 1. The number of nitrogens with two attached hydrogens (primary N) is 1. The van der Waals surface area contributed by atoms with Gasteiger partial charge in [-0.1, -0.05) is 29.8 Å². The third-order valence-electron chi connectivity index (χ3n) is 3.61. The van der Waals surface area contributed by atoms with Gasteiger partial charge in [0, 0.05) is 36.4 Å². The standard InChI is InChI=1S/C15H16ClN3/c16-14-5-1-3-11-9-19(8-6-13(11)14)10-12-4-2-7-18-15(12)17/h1-5,7H,6,8-10H2,(H2,17,18). The molecule has 0 unspecified atom stereocenters. The quantitative estimate of drug-likeness (QED) is 0.915. The largest absolute Gasteiger partial charge is 0.383 e. The molecule has 0 amide bonds. The van der Waals surface area contributed by atoms with Gasteiger partial charge in [-0.15, -0.1) is 0 Å². The number of nitrogens with zero attached hydrogens (tertiary/aromatic N) is 2. The van der Waals surface area contributed by atoms with Crippen molar-refractivity contribution >= 4 is 17.4 Å². The number of fused-ring (bicyclic) bond motifs is 1. The average Bonchev–Trinajstić information content (AvgIpc) is 2.42. The molecule has 1 aliphatic heterocycles. The molecule has 0 aliphatic carbocycles. The Morgan fingerprint density at radius 3 is 3.00 bits per heavy atom. The van der Waals surface area contributed by atoms with E-state index in [4.69, 9.17) is 17.3 Å². The lowest BCUT2D eigenvalue weighted by atomic mass is 9.99. The van der Waals surface area contributed by atoms with Crippen molar-refractivity contribution in [2.75, 3.05) is 12.3 Å². The molecule has 2 N–H and O–H groups in total. The number of hydrogen-bond acceptors (Lipinski definition) is 3. The number of rotatable bonds is 2. The first-order chi connectivity index (χ1) is 9.24. The molecular weight excluding hydrogens is 258 g/mol. The minimum Gasteiger partial charge on any atom is -0.383 e. The maximum atomic E-state index is 6.23. The first-order valence-corrected chi connectivity index (χ1v) is 6.80. The molecule has 2 heterocycles. The predicted molar refractivity (Wildman–Crippen MR) is 77.9 cm³/mol. The van der Waals surface area contributed by atoms with Crippen molar-refractivity contribution < 1.29 is 0 Å². The molecule has 0 saturated carbocycles. The molecule has 0 saturated heterocycles. The SMILES string of the molecule is Nc1ncccc1CN1CCc2c(Cl)cccc2C1. The highest BCUT2D eigenvalue weighted by molar-refractivity contribution is 6.31. The molecule has 0 atom stereocenters. The van der Waals surface area contributed by atoms with E-state index in [1.165, 1.54) is 11.1 Å². The number of pyridine rings is 1. The van der Waals surface area contributed by atoms with Crippen molar-refractivity contribution in [1.82, 2.24) is 9.88 Å². The van der Waals surface area contributed by atoms with E-state index in [9.17, 15) is 0 Å². The van der Waals surface area contributed by atoms with Crippen LogP contribution in [0.1, 0.15) is 16.7 Å². The maximum absolute atomic E-state index is 6.23. The fraction of sp³-hybridized carbons (Fsp3) is 0.267. The van der Waals surface area contributed by atoms with Gasteiger partial charge in [0.1, 0.15) is 5.82 Å². The Bertz CT molecular complexity index is 598. The van der Waals surface area contributed by atoms with Crippen LogP contribution in [-0.4, -0.2) is 16.4 Å². The van der Waals surface area contributed by atoms with Crippen molar-refractivity contribution in [1.29, 1.82) is 0 Å². The highest BCUT2D eigenvalue weighted by Crippen LogP contribution is 2.27. The number of halogens is 1. The lowest BCUT2D eigenvalue weighted by Gasteiger charge is -2.29. The van der Waals surface area contributed by atoms with Crippen LogP contribution in [-0.2, 0) is 19.5 Å². The summed E-state index contributed by atoms with van der Waals surface area (Å²) in [6.07, 6.45) is 2.72. The second kappa shape index (κ2) is 5.19. The van der Waals surface area contributed by atoms with Crippen LogP contribution in [0.5, 0.6) is 0 Å². The topological polar surface area (TPSA) is 42.1 Å². The van der Waals surface area contributed by atoms with Crippen molar-refractivity contribution in [3.05, 3.63) is 58.2 Å². The van der Waals surface area contributed by atoms with E-state index in [0.29, 0.717) is 5.82 Å². The number of benzene rings is 1. The maximum Gasteiger partial charge on any atom is 0.127 e. The fourth-order valence-corrected chi connectivity index (χ4v) is 2.87. The molecule has 3 nitrogen and oxygen atoms in total. The molecule has 1 aromatic heterocycles. The molecule has 2 aromatic rings. The lowest BCUT2D eigenvalue weighted by Crippen LogP contribution is -2.30. The summed E-state index contributed by atoms with van der Waals surface area (Å²) in [5, 5.41) is 0.887. The molecule has 98 valence electrons. The van der Waals surface area contributed by atoms with Gasteiger partial charge in [-0.2, -0.15) is 0 Å². The first-order valence-electron chi connectivity index (χ1n) is 6.42. The van der Waals surface area contributed by atoms with Gasteiger partial charge in [-0.25, -0.2) is 4.98 Å². The molecule has 19 heavy (non-hydrogen) atoms. The predicted octanol–water partition coefficient (Wildman–Crippen LogP) is 2.88. The van der Waals surface area contributed by atoms with E-state index in [2.05, 4.69) is 16.0 Å². The van der Waals surface area contributed by atoms with Gasteiger partial charge in [0.2, 0.25) is 0 Å². The van der Waals surface area contributed by atoms with E-state index >= 15 is 0 Å². The van der Waals surface area contributed by atoms with Gasteiger partial charge >= 0.3 is 0 Å². The molecule has 1 aromatic carbocycles. The minimum atomic E-state index is 0.624. The van der Waals surface area contributed by atoms with Crippen LogP contribution in [0.3, 0.4) is 0 Å². The van der Waals surface area contributed by atoms with Crippen molar-refractivity contribution in [2.24, 2.45) is 0 Å². The zero-order chi connectivity index (χ0) is 13.2. The Labute approximate surface area is 118 Å². The molecule has 0 radical (unpaired) electrons.